The van der Waals surface area contributed by atoms with Crippen molar-refractivity contribution < 1.29 is 9.18 Å². The van der Waals surface area contributed by atoms with Gasteiger partial charge in [0.25, 0.3) is 0 Å². The fourth-order valence-corrected chi connectivity index (χ4v) is 4.36. The number of hydrogen-bond acceptors (Lipinski definition) is 5. The molecule has 3 aromatic heterocycles. The lowest BCUT2D eigenvalue weighted by Crippen LogP contribution is -2.49. The number of carbonyl (C=O) groups excluding carboxylic acids is 1. The van der Waals surface area contributed by atoms with Crippen molar-refractivity contribution in [2.45, 2.75) is 19.3 Å². The van der Waals surface area contributed by atoms with E-state index in [2.05, 4.69) is 31.0 Å². The predicted octanol–water partition coefficient (Wildman–Crippen LogP) is 3.34. The monoisotopic (exact) mass is 447 g/mol. The van der Waals surface area contributed by atoms with Crippen molar-refractivity contribution in [2.75, 3.05) is 31.1 Å². The van der Waals surface area contributed by atoms with Crippen LogP contribution in [0.3, 0.4) is 0 Å². The Balaban J connectivity index is 1.25. The number of piperazine rings is 1. The van der Waals surface area contributed by atoms with Gasteiger partial charge < -0.3 is 14.8 Å². The van der Waals surface area contributed by atoms with E-state index in [1.54, 1.807) is 23.1 Å². The van der Waals surface area contributed by atoms with Gasteiger partial charge in [0, 0.05) is 51.4 Å². The number of halogens is 1. The Morgan fingerprint density at radius 1 is 1.15 bits per heavy atom. The molecule has 1 aliphatic heterocycles. The first-order valence-electron chi connectivity index (χ1n) is 11.1. The molecular weight excluding hydrogens is 421 g/mol. The zero-order valence-corrected chi connectivity index (χ0v) is 18.7. The summed E-state index contributed by atoms with van der Waals surface area (Å²) in [6.07, 6.45) is 5.75. The number of nitrogens with one attached hydrogen (secondary N) is 1. The standard InChI is InChI=1S/C24H26FN7O/c1-16(17-3-5-19(25)6-4-17)11-22(33)31-7-9-32(10-8-31)24-20-12-21(18-13-28-30(2)14-18)29-23(20)26-15-27-24/h3-6,12-16H,7-11H2,1-2H3,(H,26,27,29)/t16-/m1/s1. The van der Waals surface area contributed by atoms with Crippen molar-refractivity contribution in [1.82, 2.24) is 29.6 Å². The molecule has 1 aromatic carbocycles. The molecule has 1 fully saturated rings. The Bertz CT molecular complexity index is 1270. The molecule has 1 saturated heterocycles. The van der Waals surface area contributed by atoms with E-state index >= 15 is 0 Å². The molecule has 1 atom stereocenters. The largest absolute Gasteiger partial charge is 0.352 e. The molecular formula is C24H26FN7O. The summed E-state index contributed by atoms with van der Waals surface area (Å²) in [4.78, 5) is 29.3. The molecule has 0 spiro atoms. The lowest BCUT2D eigenvalue weighted by Gasteiger charge is -2.36. The van der Waals surface area contributed by atoms with Crippen LogP contribution in [-0.4, -0.2) is 61.7 Å². The molecule has 1 amide bonds. The van der Waals surface area contributed by atoms with E-state index in [-0.39, 0.29) is 17.6 Å². The third-order valence-electron chi connectivity index (χ3n) is 6.27. The van der Waals surface area contributed by atoms with Crippen molar-refractivity contribution in [3.63, 3.8) is 0 Å². The molecule has 0 radical (unpaired) electrons. The number of hydrogen-bond donors (Lipinski definition) is 1. The maximum atomic E-state index is 13.2. The van der Waals surface area contributed by atoms with Gasteiger partial charge >= 0.3 is 0 Å². The number of anilines is 1. The number of aromatic nitrogens is 5. The van der Waals surface area contributed by atoms with Crippen LogP contribution in [0.4, 0.5) is 10.2 Å². The zero-order valence-electron chi connectivity index (χ0n) is 18.7. The summed E-state index contributed by atoms with van der Waals surface area (Å²) >= 11 is 0. The van der Waals surface area contributed by atoms with Gasteiger partial charge in [-0.2, -0.15) is 5.10 Å². The van der Waals surface area contributed by atoms with Crippen molar-refractivity contribution >= 4 is 22.8 Å². The molecule has 0 unspecified atom stereocenters. The van der Waals surface area contributed by atoms with Crippen LogP contribution in [0.5, 0.6) is 0 Å². The zero-order chi connectivity index (χ0) is 22.9. The van der Waals surface area contributed by atoms with Gasteiger partial charge in [-0.1, -0.05) is 19.1 Å². The van der Waals surface area contributed by atoms with Gasteiger partial charge in [0.05, 0.1) is 17.3 Å². The molecule has 1 N–H and O–H groups in total. The fraction of sp³-hybridized carbons (Fsp3) is 0.333. The average Bonchev–Trinajstić information content (AvgIpc) is 3.45. The van der Waals surface area contributed by atoms with E-state index < -0.39 is 0 Å². The van der Waals surface area contributed by atoms with Gasteiger partial charge in [-0.15, -0.1) is 0 Å². The van der Waals surface area contributed by atoms with Crippen molar-refractivity contribution in [3.8, 4) is 11.3 Å². The minimum absolute atomic E-state index is 0.0448. The highest BCUT2D eigenvalue weighted by Gasteiger charge is 2.25. The van der Waals surface area contributed by atoms with E-state index in [1.807, 2.05) is 31.3 Å². The normalized spacial score (nSPS) is 15.2. The highest BCUT2D eigenvalue weighted by atomic mass is 19.1. The van der Waals surface area contributed by atoms with Gasteiger partial charge in [-0.3, -0.25) is 9.48 Å². The number of fused-ring (bicyclic) bond motifs is 1. The minimum atomic E-state index is -0.262. The van der Waals surface area contributed by atoms with Gasteiger partial charge in [0.1, 0.15) is 23.6 Å². The molecule has 0 bridgehead atoms. The number of rotatable bonds is 5. The van der Waals surface area contributed by atoms with E-state index in [9.17, 15) is 9.18 Å². The van der Waals surface area contributed by atoms with Crippen LogP contribution >= 0.6 is 0 Å². The van der Waals surface area contributed by atoms with Crippen LogP contribution in [-0.2, 0) is 11.8 Å². The molecule has 8 nitrogen and oxygen atoms in total. The Kier molecular flexibility index (Phi) is 5.53. The number of H-pyrrole nitrogens is 1. The first-order valence-corrected chi connectivity index (χ1v) is 11.1. The van der Waals surface area contributed by atoms with Crippen molar-refractivity contribution in [2.24, 2.45) is 7.05 Å². The summed E-state index contributed by atoms with van der Waals surface area (Å²) in [5, 5.41) is 5.20. The highest BCUT2D eigenvalue weighted by Crippen LogP contribution is 2.29. The summed E-state index contributed by atoms with van der Waals surface area (Å²) < 4.78 is 14.9. The first-order chi connectivity index (χ1) is 16.0. The Morgan fingerprint density at radius 3 is 2.61 bits per heavy atom. The maximum Gasteiger partial charge on any atom is 0.223 e. The summed E-state index contributed by atoms with van der Waals surface area (Å²) in [6, 6.07) is 8.45. The molecule has 9 heteroatoms. The third-order valence-corrected chi connectivity index (χ3v) is 6.27. The Labute approximate surface area is 191 Å². The van der Waals surface area contributed by atoms with Crippen LogP contribution in [0.25, 0.3) is 22.3 Å². The van der Waals surface area contributed by atoms with Crippen LogP contribution in [0.1, 0.15) is 24.8 Å². The molecule has 33 heavy (non-hydrogen) atoms. The molecule has 4 aromatic rings. The predicted molar refractivity (Wildman–Crippen MR) is 124 cm³/mol. The second-order valence-electron chi connectivity index (χ2n) is 8.57. The minimum Gasteiger partial charge on any atom is -0.352 e. The molecule has 5 rings (SSSR count). The van der Waals surface area contributed by atoms with E-state index in [1.165, 1.54) is 12.1 Å². The second-order valence-corrected chi connectivity index (χ2v) is 8.57. The van der Waals surface area contributed by atoms with E-state index in [0.717, 1.165) is 33.7 Å². The Morgan fingerprint density at radius 2 is 1.91 bits per heavy atom. The smallest absolute Gasteiger partial charge is 0.223 e. The molecule has 0 saturated carbocycles. The topological polar surface area (TPSA) is 82.9 Å². The van der Waals surface area contributed by atoms with Gasteiger partial charge in [-0.25, -0.2) is 14.4 Å². The van der Waals surface area contributed by atoms with Crippen LogP contribution in [0.2, 0.25) is 0 Å². The molecule has 1 aliphatic rings. The lowest BCUT2D eigenvalue weighted by atomic mass is 9.97. The van der Waals surface area contributed by atoms with Crippen LogP contribution in [0, 0.1) is 5.82 Å². The number of aryl methyl sites for hydroxylation is 1. The lowest BCUT2D eigenvalue weighted by molar-refractivity contribution is -0.131. The second kappa shape index (κ2) is 8.65. The van der Waals surface area contributed by atoms with Gasteiger partial charge in [-0.05, 0) is 29.7 Å². The quantitative estimate of drug-likeness (QED) is 0.507. The molecule has 4 heterocycles. The van der Waals surface area contributed by atoms with E-state index in [0.29, 0.717) is 32.6 Å². The summed E-state index contributed by atoms with van der Waals surface area (Å²) in [6.45, 7) is 4.69. The van der Waals surface area contributed by atoms with Crippen LogP contribution in [0.15, 0.2) is 49.1 Å². The fourth-order valence-electron chi connectivity index (χ4n) is 4.36. The average molecular weight is 448 g/mol. The Hall–Kier alpha value is -3.75. The number of nitrogens with zero attached hydrogens (tertiary/aromatic N) is 6. The summed E-state index contributed by atoms with van der Waals surface area (Å²) in [5.74, 6) is 0.781. The van der Waals surface area contributed by atoms with Gasteiger partial charge in [0.15, 0.2) is 0 Å². The first kappa shape index (κ1) is 21.1. The van der Waals surface area contributed by atoms with Crippen molar-refractivity contribution in [3.05, 3.63) is 60.4 Å². The number of amides is 1. The number of carbonyl (C=O) groups is 1. The SMILES string of the molecule is C[C@H](CC(=O)N1CCN(c2ncnc3[nH]c(-c4cnn(C)c4)cc23)CC1)c1ccc(F)cc1. The van der Waals surface area contributed by atoms with Crippen molar-refractivity contribution in [1.29, 1.82) is 0 Å². The maximum absolute atomic E-state index is 13.2. The summed E-state index contributed by atoms with van der Waals surface area (Å²) in [7, 11) is 1.89. The van der Waals surface area contributed by atoms with E-state index in [4.69, 9.17) is 0 Å². The third kappa shape index (κ3) is 4.30. The number of benzene rings is 1. The van der Waals surface area contributed by atoms with Gasteiger partial charge in [0.2, 0.25) is 5.91 Å². The molecule has 0 aliphatic carbocycles. The highest BCUT2D eigenvalue weighted by molar-refractivity contribution is 5.92. The molecule has 170 valence electrons. The number of aromatic amines is 1. The van der Waals surface area contributed by atoms with Crippen LogP contribution < -0.4 is 4.90 Å². The summed E-state index contributed by atoms with van der Waals surface area (Å²) in [5.41, 5.74) is 3.70.